The van der Waals surface area contributed by atoms with Crippen molar-refractivity contribution in [2.24, 2.45) is 0 Å². The molecule has 0 radical (unpaired) electrons. The zero-order valence-electron chi connectivity index (χ0n) is 8.82. The van der Waals surface area contributed by atoms with Crippen LogP contribution in [0.2, 0.25) is 0 Å². The van der Waals surface area contributed by atoms with Crippen molar-refractivity contribution in [2.45, 2.75) is 18.4 Å². The summed E-state index contributed by atoms with van der Waals surface area (Å²) >= 11 is 0. The molecule has 1 aliphatic rings. The summed E-state index contributed by atoms with van der Waals surface area (Å²) < 4.78 is 5.14. The van der Waals surface area contributed by atoms with E-state index in [0.717, 1.165) is 18.4 Å². The average molecular weight is 205 g/mol. The number of benzene rings is 1. The molecule has 0 aromatic heterocycles. The van der Waals surface area contributed by atoms with Gasteiger partial charge in [0.1, 0.15) is 5.54 Å². The van der Waals surface area contributed by atoms with Gasteiger partial charge >= 0.3 is 5.97 Å². The van der Waals surface area contributed by atoms with E-state index >= 15 is 0 Å². The molecule has 1 aromatic rings. The van der Waals surface area contributed by atoms with E-state index in [9.17, 15) is 4.79 Å². The number of carbonyl (C=O) groups is 1. The van der Waals surface area contributed by atoms with E-state index in [2.05, 4.69) is 5.32 Å². The molecule has 3 heteroatoms. The SMILES string of the molecule is CN[C@@]1(c2ccccc2)CCCOC1=O. The molecule has 3 nitrogen and oxygen atoms in total. The lowest BCUT2D eigenvalue weighted by Crippen LogP contribution is -2.51. The normalized spacial score (nSPS) is 26.1. The van der Waals surface area contributed by atoms with Crippen molar-refractivity contribution in [3.63, 3.8) is 0 Å². The zero-order chi connectivity index (χ0) is 10.7. The van der Waals surface area contributed by atoms with Crippen molar-refractivity contribution in [1.29, 1.82) is 0 Å². The predicted octanol–water partition coefficient (Wildman–Crippen LogP) is 1.44. The molecule has 1 aromatic carbocycles. The van der Waals surface area contributed by atoms with Crippen molar-refractivity contribution in [3.8, 4) is 0 Å². The van der Waals surface area contributed by atoms with Gasteiger partial charge in [-0.15, -0.1) is 0 Å². The third-order valence-corrected chi connectivity index (χ3v) is 2.97. The molecule has 80 valence electrons. The molecular formula is C12H15NO2. The van der Waals surface area contributed by atoms with Gasteiger partial charge in [0, 0.05) is 0 Å². The molecule has 1 heterocycles. The second-order valence-electron chi connectivity index (χ2n) is 3.76. The molecule has 1 N–H and O–H groups in total. The zero-order valence-corrected chi connectivity index (χ0v) is 8.82. The Morgan fingerprint density at radius 2 is 2.07 bits per heavy atom. The number of rotatable bonds is 2. The number of ether oxygens (including phenoxy) is 1. The molecular weight excluding hydrogens is 190 g/mol. The standard InChI is InChI=1S/C12H15NO2/c1-13-12(8-5-9-15-11(12)14)10-6-3-2-4-7-10/h2-4,6-7,13H,5,8-9H2,1H3/t12-/m1/s1. The third-order valence-electron chi connectivity index (χ3n) is 2.97. The second-order valence-corrected chi connectivity index (χ2v) is 3.76. The fourth-order valence-electron chi connectivity index (χ4n) is 2.08. The monoisotopic (exact) mass is 205 g/mol. The molecule has 15 heavy (non-hydrogen) atoms. The van der Waals surface area contributed by atoms with E-state index in [1.165, 1.54) is 0 Å². The first-order chi connectivity index (χ1) is 7.29. The average Bonchev–Trinajstić information content (AvgIpc) is 2.31. The maximum absolute atomic E-state index is 11.9. The van der Waals surface area contributed by atoms with Crippen LogP contribution in [-0.2, 0) is 15.1 Å². The van der Waals surface area contributed by atoms with Crippen LogP contribution in [0, 0.1) is 0 Å². The van der Waals surface area contributed by atoms with Crippen LogP contribution in [0.4, 0.5) is 0 Å². The highest BCUT2D eigenvalue weighted by Gasteiger charge is 2.42. The van der Waals surface area contributed by atoms with Crippen LogP contribution in [-0.4, -0.2) is 19.6 Å². The Labute approximate surface area is 89.4 Å². The van der Waals surface area contributed by atoms with Gasteiger partial charge in [-0.1, -0.05) is 30.3 Å². The number of esters is 1. The minimum atomic E-state index is -0.639. The molecule has 1 atom stereocenters. The Hall–Kier alpha value is -1.35. The van der Waals surface area contributed by atoms with Crippen LogP contribution in [0.3, 0.4) is 0 Å². The largest absolute Gasteiger partial charge is 0.464 e. The van der Waals surface area contributed by atoms with Gasteiger partial charge in [-0.05, 0) is 25.5 Å². The first-order valence-corrected chi connectivity index (χ1v) is 5.21. The van der Waals surface area contributed by atoms with Crippen LogP contribution in [0.5, 0.6) is 0 Å². The quantitative estimate of drug-likeness (QED) is 0.742. The molecule has 0 bridgehead atoms. The Kier molecular flexibility index (Phi) is 2.73. The summed E-state index contributed by atoms with van der Waals surface area (Å²) in [5, 5.41) is 3.11. The van der Waals surface area contributed by atoms with Crippen LogP contribution < -0.4 is 5.32 Å². The lowest BCUT2D eigenvalue weighted by atomic mass is 9.84. The molecule has 0 aliphatic carbocycles. The first kappa shape index (κ1) is 10.2. The minimum absolute atomic E-state index is 0.164. The van der Waals surface area contributed by atoms with E-state index in [1.807, 2.05) is 30.3 Å². The molecule has 1 fully saturated rings. The molecule has 0 amide bonds. The van der Waals surface area contributed by atoms with E-state index in [1.54, 1.807) is 7.05 Å². The van der Waals surface area contributed by atoms with Gasteiger partial charge in [0.2, 0.25) is 0 Å². The van der Waals surface area contributed by atoms with Gasteiger partial charge in [0.15, 0.2) is 0 Å². The van der Waals surface area contributed by atoms with Gasteiger partial charge in [-0.3, -0.25) is 0 Å². The lowest BCUT2D eigenvalue weighted by Gasteiger charge is -2.35. The Morgan fingerprint density at radius 3 is 2.67 bits per heavy atom. The Morgan fingerprint density at radius 1 is 1.33 bits per heavy atom. The first-order valence-electron chi connectivity index (χ1n) is 5.21. The highest BCUT2D eigenvalue weighted by Crippen LogP contribution is 2.30. The smallest absolute Gasteiger partial charge is 0.330 e. The lowest BCUT2D eigenvalue weighted by molar-refractivity contribution is -0.157. The van der Waals surface area contributed by atoms with E-state index in [4.69, 9.17) is 4.74 Å². The van der Waals surface area contributed by atoms with Crippen LogP contribution in [0.25, 0.3) is 0 Å². The predicted molar refractivity (Wildman–Crippen MR) is 57.4 cm³/mol. The van der Waals surface area contributed by atoms with Crippen molar-refractivity contribution in [2.75, 3.05) is 13.7 Å². The summed E-state index contributed by atoms with van der Waals surface area (Å²) in [7, 11) is 1.81. The molecule has 0 unspecified atom stereocenters. The second kappa shape index (κ2) is 4.03. The van der Waals surface area contributed by atoms with E-state index in [0.29, 0.717) is 6.61 Å². The van der Waals surface area contributed by atoms with Crippen molar-refractivity contribution < 1.29 is 9.53 Å². The summed E-state index contributed by atoms with van der Waals surface area (Å²) in [6, 6.07) is 9.75. The number of nitrogens with one attached hydrogen (secondary N) is 1. The van der Waals surface area contributed by atoms with Gasteiger partial charge in [-0.2, -0.15) is 0 Å². The topological polar surface area (TPSA) is 38.3 Å². The summed E-state index contributed by atoms with van der Waals surface area (Å²) in [5.41, 5.74) is 0.344. The van der Waals surface area contributed by atoms with Gasteiger partial charge < -0.3 is 10.1 Å². The fourth-order valence-corrected chi connectivity index (χ4v) is 2.08. The van der Waals surface area contributed by atoms with Gasteiger partial charge in [0.25, 0.3) is 0 Å². The molecule has 1 aliphatic heterocycles. The van der Waals surface area contributed by atoms with E-state index in [-0.39, 0.29) is 5.97 Å². The number of likely N-dealkylation sites (N-methyl/N-ethyl adjacent to an activating group) is 1. The molecule has 2 rings (SSSR count). The minimum Gasteiger partial charge on any atom is -0.464 e. The Balaban J connectivity index is 2.40. The maximum Gasteiger partial charge on any atom is 0.330 e. The molecule has 0 spiro atoms. The van der Waals surface area contributed by atoms with Gasteiger partial charge in [0.05, 0.1) is 6.61 Å². The Bertz CT molecular complexity index is 350. The van der Waals surface area contributed by atoms with Gasteiger partial charge in [-0.25, -0.2) is 4.79 Å². The summed E-state index contributed by atoms with van der Waals surface area (Å²) in [6.45, 7) is 0.537. The van der Waals surface area contributed by atoms with Crippen molar-refractivity contribution >= 4 is 5.97 Å². The number of cyclic esters (lactones) is 1. The van der Waals surface area contributed by atoms with Crippen LogP contribution in [0.15, 0.2) is 30.3 Å². The highest BCUT2D eigenvalue weighted by atomic mass is 16.5. The van der Waals surface area contributed by atoms with E-state index < -0.39 is 5.54 Å². The van der Waals surface area contributed by atoms with Crippen molar-refractivity contribution in [1.82, 2.24) is 5.32 Å². The van der Waals surface area contributed by atoms with Crippen molar-refractivity contribution in [3.05, 3.63) is 35.9 Å². The van der Waals surface area contributed by atoms with Crippen LogP contribution >= 0.6 is 0 Å². The maximum atomic E-state index is 11.9. The van der Waals surface area contributed by atoms with Crippen LogP contribution in [0.1, 0.15) is 18.4 Å². The summed E-state index contributed by atoms with van der Waals surface area (Å²) in [6.07, 6.45) is 1.70. The number of hydrogen-bond acceptors (Lipinski definition) is 3. The summed E-state index contributed by atoms with van der Waals surface area (Å²) in [5.74, 6) is -0.164. The number of carbonyl (C=O) groups excluding carboxylic acids is 1. The number of hydrogen-bond donors (Lipinski definition) is 1. The molecule has 0 saturated carbocycles. The summed E-state index contributed by atoms with van der Waals surface area (Å²) in [4.78, 5) is 11.9. The highest BCUT2D eigenvalue weighted by molar-refractivity contribution is 5.83. The fraction of sp³-hybridized carbons (Fsp3) is 0.417. The molecule has 1 saturated heterocycles. The third kappa shape index (κ3) is 1.63.